The molecule has 1 saturated heterocycles. The van der Waals surface area contributed by atoms with E-state index in [0.29, 0.717) is 19.5 Å². The molecule has 0 spiro atoms. The molecule has 1 aromatic heterocycles. The molecule has 2 aliphatic rings. The zero-order valence-corrected chi connectivity index (χ0v) is 19.8. The first-order valence-electron chi connectivity index (χ1n) is 10.5. The predicted octanol–water partition coefficient (Wildman–Crippen LogP) is 3.63. The first-order chi connectivity index (χ1) is 15.7. The van der Waals surface area contributed by atoms with E-state index in [1.807, 2.05) is 25.1 Å². The average molecular weight is 496 g/mol. The molecule has 2 aromatic rings. The topological polar surface area (TPSA) is 77.9 Å². The molecular weight excluding hydrogens is 472 g/mol. The number of rotatable bonds is 7. The Hall–Kier alpha value is -2.56. The minimum absolute atomic E-state index is 0.0141. The summed E-state index contributed by atoms with van der Waals surface area (Å²) in [5.41, 5.74) is 2.00. The lowest BCUT2D eigenvalue weighted by molar-refractivity contribution is 0.321. The number of aromatic nitrogens is 1. The quantitative estimate of drug-likeness (QED) is 0.593. The van der Waals surface area contributed by atoms with Gasteiger partial charge in [0.25, 0.3) is 10.0 Å². The fourth-order valence-corrected chi connectivity index (χ4v) is 5.58. The summed E-state index contributed by atoms with van der Waals surface area (Å²) in [4.78, 5) is 11.1. The monoisotopic (exact) mass is 495 g/mol. The van der Waals surface area contributed by atoms with Crippen molar-refractivity contribution in [2.24, 2.45) is 4.99 Å². The van der Waals surface area contributed by atoms with Gasteiger partial charge in [0.05, 0.1) is 11.4 Å². The number of aryl methyl sites for hydroxylation is 1. The van der Waals surface area contributed by atoms with Crippen molar-refractivity contribution in [3.05, 3.63) is 64.2 Å². The van der Waals surface area contributed by atoms with Crippen LogP contribution in [0.1, 0.15) is 24.2 Å². The van der Waals surface area contributed by atoms with Crippen LogP contribution in [0.3, 0.4) is 0 Å². The van der Waals surface area contributed by atoms with Crippen molar-refractivity contribution in [3.63, 3.8) is 0 Å². The van der Waals surface area contributed by atoms with Gasteiger partial charge < -0.3 is 4.90 Å². The van der Waals surface area contributed by atoms with Gasteiger partial charge in [-0.05, 0) is 31.6 Å². The number of hydrogen-bond donors (Lipinski definition) is 1. The fourth-order valence-electron chi connectivity index (χ4n) is 4.08. The Balaban J connectivity index is 1.52. The molecule has 4 rings (SSSR count). The number of anilines is 1. The van der Waals surface area contributed by atoms with E-state index >= 15 is 4.39 Å². The molecular formula is C22H24ClF2N5O2S. The predicted molar refractivity (Wildman–Crippen MR) is 124 cm³/mol. The van der Waals surface area contributed by atoms with E-state index in [1.165, 1.54) is 12.3 Å². The van der Waals surface area contributed by atoms with E-state index < -0.39 is 31.6 Å². The summed E-state index contributed by atoms with van der Waals surface area (Å²) >= 11 is 6.21. The SMILES string of the molecule is Cc1cccc(CN2CC[C@H](N(C)c3cc(F)c(S(=O)(=O)NC4=CCC=N4)c(F)c3Cl)C2)n1. The smallest absolute Gasteiger partial charge is 0.268 e. The Labute approximate surface area is 196 Å². The molecule has 1 fully saturated rings. The van der Waals surface area contributed by atoms with Gasteiger partial charge in [-0.2, -0.15) is 0 Å². The van der Waals surface area contributed by atoms with Gasteiger partial charge in [-0.15, -0.1) is 0 Å². The highest BCUT2D eigenvalue weighted by molar-refractivity contribution is 7.89. The van der Waals surface area contributed by atoms with Crippen molar-refractivity contribution in [3.8, 4) is 0 Å². The molecule has 176 valence electrons. The van der Waals surface area contributed by atoms with Crippen molar-refractivity contribution in [2.75, 3.05) is 25.0 Å². The summed E-state index contributed by atoms with van der Waals surface area (Å²) in [6, 6.07) is 6.78. The molecule has 0 saturated carbocycles. The largest absolute Gasteiger partial charge is 0.369 e. The van der Waals surface area contributed by atoms with E-state index in [-0.39, 0.29) is 17.6 Å². The minimum atomic E-state index is -4.54. The highest BCUT2D eigenvalue weighted by Crippen LogP contribution is 2.36. The highest BCUT2D eigenvalue weighted by Gasteiger charge is 2.33. The van der Waals surface area contributed by atoms with Crippen LogP contribution in [0.2, 0.25) is 5.02 Å². The number of aliphatic imine (C=N–C) groups is 1. The van der Waals surface area contributed by atoms with Gasteiger partial charge in [-0.3, -0.25) is 14.6 Å². The number of sulfonamides is 1. The molecule has 33 heavy (non-hydrogen) atoms. The molecule has 7 nitrogen and oxygen atoms in total. The van der Waals surface area contributed by atoms with Gasteiger partial charge in [0.1, 0.15) is 16.7 Å². The van der Waals surface area contributed by atoms with Crippen LogP contribution >= 0.6 is 11.6 Å². The number of allylic oxidation sites excluding steroid dienone is 1. The second-order valence-corrected chi connectivity index (χ2v) is 10.1. The molecule has 0 radical (unpaired) electrons. The molecule has 0 bridgehead atoms. The lowest BCUT2D eigenvalue weighted by Crippen LogP contribution is -2.35. The van der Waals surface area contributed by atoms with E-state index in [2.05, 4.69) is 19.6 Å². The zero-order valence-electron chi connectivity index (χ0n) is 18.2. The van der Waals surface area contributed by atoms with Gasteiger partial charge in [0, 0.05) is 57.1 Å². The van der Waals surface area contributed by atoms with Gasteiger partial charge >= 0.3 is 0 Å². The zero-order chi connectivity index (χ0) is 23.8. The first kappa shape index (κ1) is 23.6. The van der Waals surface area contributed by atoms with Crippen LogP contribution in [0.15, 0.2) is 46.1 Å². The lowest BCUT2D eigenvalue weighted by Gasteiger charge is -2.28. The number of nitrogens with zero attached hydrogens (tertiary/aromatic N) is 4. The number of nitrogens with one attached hydrogen (secondary N) is 1. The van der Waals surface area contributed by atoms with Gasteiger partial charge in [-0.25, -0.2) is 22.2 Å². The van der Waals surface area contributed by atoms with Crippen molar-refractivity contribution >= 4 is 33.5 Å². The summed E-state index contributed by atoms with van der Waals surface area (Å²) in [5, 5.41) is -0.443. The maximum absolute atomic E-state index is 15.0. The number of halogens is 3. The Morgan fingerprint density at radius 2 is 2.12 bits per heavy atom. The summed E-state index contributed by atoms with van der Waals surface area (Å²) < 4.78 is 57.2. The molecule has 0 amide bonds. The van der Waals surface area contributed by atoms with Crippen LogP contribution in [0.25, 0.3) is 0 Å². The molecule has 1 aromatic carbocycles. The van der Waals surface area contributed by atoms with Gasteiger partial charge in [0.2, 0.25) is 0 Å². The van der Waals surface area contributed by atoms with Crippen molar-refractivity contribution < 1.29 is 17.2 Å². The molecule has 0 unspecified atom stereocenters. The molecule has 2 aliphatic heterocycles. The molecule has 11 heteroatoms. The van der Waals surface area contributed by atoms with Crippen LogP contribution in [0, 0.1) is 18.6 Å². The third-order valence-corrected chi connectivity index (χ3v) is 7.51. The van der Waals surface area contributed by atoms with Crippen LogP contribution in [-0.2, 0) is 16.6 Å². The van der Waals surface area contributed by atoms with E-state index in [9.17, 15) is 12.8 Å². The summed E-state index contributed by atoms with van der Waals surface area (Å²) in [5.74, 6) is -2.53. The maximum atomic E-state index is 15.0. The second kappa shape index (κ2) is 9.36. The normalized spacial score (nSPS) is 18.6. The number of benzene rings is 1. The highest BCUT2D eigenvalue weighted by atomic mass is 35.5. The molecule has 3 heterocycles. The van der Waals surface area contributed by atoms with Crippen LogP contribution in [0.5, 0.6) is 0 Å². The number of likely N-dealkylation sites (N-methyl/N-ethyl adjacent to an activating group) is 1. The van der Waals surface area contributed by atoms with Crippen LogP contribution in [-0.4, -0.2) is 50.7 Å². The number of hydrogen-bond acceptors (Lipinski definition) is 6. The summed E-state index contributed by atoms with van der Waals surface area (Å²) in [7, 11) is -2.84. The number of pyridine rings is 1. The molecule has 1 atom stereocenters. The van der Waals surface area contributed by atoms with Crippen molar-refractivity contribution in [1.82, 2.24) is 14.6 Å². The lowest BCUT2D eigenvalue weighted by atomic mass is 10.2. The Kier molecular flexibility index (Phi) is 6.69. The standard InChI is InChI=1S/C22H24ClF2N5O2S/c1-14-5-3-6-15(27-14)12-30-10-8-16(13-30)29(2)18-11-17(24)22(21(25)20(18)23)33(31,32)28-19-7-4-9-26-19/h3,5-7,9,11,16,28H,4,8,10,12-13H2,1-2H3/t16-/m0/s1. The van der Waals surface area contributed by atoms with Crippen molar-refractivity contribution in [1.29, 1.82) is 0 Å². The average Bonchev–Trinajstić information content (AvgIpc) is 3.42. The van der Waals surface area contributed by atoms with Crippen molar-refractivity contribution in [2.45, 2.75) is 37.2 Å². The third kappa shape index (κ3) is 5.02. The Morgan fingerprint density at radius 3 is 2.82 bits per heavy atom. The van der Waals surface area contributed by atoms with Crippen LogP contribution in [0.4, 0.5) is 14.5 Å². The third-order valence-electron chi connectivity index (χ3n) is 5.76. The molecule has 1 N–H and O–H groups in total. The fraction of sp³-hybridized carbons (Fsp3) is 0.364. The second-order valence-electron chi connectivity index (χ2n) is 8.14. The van der Waals surface area contributed by atoms with Crippen LogP contribution < -0.4 is 9.62 Å². The van der Waals surface area contributed by atoms with E-state index in [0.717, 1.165) is 30.4 Å². The van der Waals surface area contributed by atoms with E-state index in [1.54, 1.807) is 11.9 Å². The molecule has 0 aliphatic carbocycles. The maximum Gasteiger partial charge on any atom is 0.268 e. The number of likely N-dealkylation sites (tertiary alicyclic amines) is 1. The minimum Gasteiger partial charge on any atom is -0.369 e. The summed E-state index contributed by atoms with van der Waals surface area (Å²) in [6.07, 6.45) is 4.17. The van der Waals surface area contributed by atoms with Gasteiger partial charge in [0.15, 0.2) is 10.7 Å². The van der Waals surface area contributed by atoms with E-state index in [4.69, 9.17) is 11.6 Å². The summed E-state index contributed by atoms with van der Waals surface area (Å²) in [6.45, 7) is 4.05. The Bertz CT molecular complexity index is 1240. The first-order valence-corrected chi connectivity index (χ1v) is 12.3. The Morgan fingerprint density at radius 1 is 1.33 bits per heavy atom. The van der Waals surface area contributed by atoms with Gasteiger partial charge in [-0.1, -0.05) is 17.7 Å².